The average Bonchev–Trinajstić information content (AvgIpc) is 3.92. The maximum absolute atomic E-state index is 15.7. The van der Waals surface area contributed by atoms with Gasteiger partial charge in [-0.3, -0.25) is 39.1 Å². The molecule has 5 aliphatic rings. The number of imide groups is 2. The number of nitrogens with zero attached hydrogens (tertiary/aromatic N) is 9. The molecule has 5 amide bonds. The van der Waals surface area contributed by atoms with Crippen molar-refractivity contribution in [3.8, 4) is 0 Å². The van der Waals surface area contributed by atoms with Crippen LogP contribution in [0.25, 0.3) is 0 Å². The lowest BCUT2D eigenvalue weighted by Crippen LogP contribution is -2.66. The summed E-state index contributed by atoms with van der Waals surface area (Å²) in [6, 6.07) is 8.21. The fraction of sp³-hybridized carbons (Fsp3) is 0.540. The minimum Gasteiger partial charge on any atom is -0.383 e. The zero-order valence-electron chi connectivity index (χ0n) is 41.3. The van der Waals surface area contributed by atoms with Gasteiger partial charge in [-0.2, -0.15) is 4.98 Å². The van der Waals surface area contributed by atoms with E-state index in [1.807, 2.05) is 12.3 Å². The van der Waals surface area contributed by atoms with Gasteiger partial charge in [0.25, 0.3) is 11.8 Å². The molecule has 1 atom stereocenters. The molecule has 1 unspecified atom stereocenters. The molecule has 0 radical (unpaired) electrons. The second-order valence-corrected chi connectivity index (χ2v) is 20.0. The highest BCUT2D eigenvalue weighted by Crippen LogP contribution is 2.35. The number of hydrogen-bond donors (Lipinski definition) is 4. The Kier molecular flexibility index (Phi) is 15.9. The maximum Gasteiger partial charge on any atom is 0.262 e. The number of piperazine rings is 1. The van der Waals surface area contributed by atoms with Crippen LogP contribution in [-0.4, -0.2) is 161 Å². The number of likely N-dealkylation sites (tertiary alicyclic amines) is 1. The summed E-state index contributed by atoms with van der Waals surface area (Å²) in [5, 5.41) is 20.2. The number of rotatable bonds is 21. The first-order valence-electron chi connectivity index (χ1n) is 25.0. The summed E-state index contributed by atoms with van der Waals surface area (Å²) in [6.45, 7) is 11.6. The van der Waals surface area contributed by atoms with Crippen LogP contribution in [0.4, 0.5) is 31.9 Å². The summed E-state index contributed by atoms with van der Waals surface area (Å²) < 4.78 is 49.8. The number of anilines is 4. The molecule has 390 valence electrons. The van der Waals surface area contributed by atoms with Gasteiger partial charge in [0.05, 0.1) is 87.8 Å². The summed E-state index contributed by atoms with van der Waals surface area (Å²) in [6.07, 6.45) is 6.89. The zero-order chi connectivity index (χ0) is 51.1. The van der Waals surface area contributed by atoms with E-state index in [0.717, 1.165) is 36.6 Å². The molecule has 4 aromatic rings. The van der Waals surface area contributed by atoms with E-state index in [4.69, 9.17) is 19.2 Å². The van der Waals surface area contributed by atoms with E-state index in [0.29, 0.717) is 121 Å². The predicted molar refractivity (Wildman–Crippen MR) is 263 cm³/mol. The fourth-order valence-electron chi connectivity index (χ4n) is 9.94. The molecule has 0 bridgehead atoms. The summed E-state index contributed by atoms with van der Waals surface area (Å²) in [4.78, 5) is 78.9. The number of ether oxygens (including phenoxy) is 3. The molecule has 2 aromatic carbocycles. The number of carbonyl (C=O) groups is 5. The van der Waals surface area contributed by atoms with Crippen LogP contribution in [0.5, 0.6) is 0 Å². The summed E-state index contributed by atoms with van der Waals surface area (Å²) in [5.41, 5.74) is 1.86. The van der Waals surface area contributed by atoms with Gasteiger partial charge < -0.3 is 40.0 Å². The summed E-state index contributed by atoms with van der Waals surface area (Å²) >= 11 is 0. The molecule has 73 heavy (non-hydrogen) atoms. The minimum atomic E-state index is -1.01. The quantitative estimate of drug-likeness (QED) is 0.0694. The normalized spacial score (nSPS) is 19.9. The molecule has 21 nitrogen and oxygen atoms in total. The Hall–Kier alpha value is -6.69. The second kappa shape index (κ2) is 22.6. The van der Waals surface area contributed by atoms with Crippen molar-refractivity contribution < 1.29 is 47.0 Å². The second-order valence-electron chi connectivity index (χ2n) is 20.0. The Morgan fingerprint density at radius 2 is 1.53 bits per heavy atom. The Balaban J connectivity index is 0.629. The largest absolute Gasteiger partial charge is 0.383 e. The lowest BCUT2D eigenvalue weighted by Gasteiger charge is -2.48. The zero-order valence-corrected chi connectivity index (χ0v) is 41.3. The summed E-state index contributed by atoms with van der Waals surface area (Å²) in [7, 11) is 0. The number of nitrogens with one attached hydrogen (secondary N) is 4. The molecule has 5 aliphatic heterocycles. The molecule has 0 saturated carbocycles. The number of amides is 5. The van der Waals surface area contributed by atoms with E-state index in [2.05, 4.69) is 60.2 Å². The molecule has 2 aromatic heterocycles. The van der Waals surface area contributed by atoms with Gasteiger partial charge in [0.2, 0.25) is 23.7 Å². The van der Waals surface area contributed by atoms with Crippen molar-refractivity contribution >= 4 is 52.7 Å². The van der Waals surface area contributed by atoms with Crippen molar-refractivity contribution in [1.82, 2.24) is 45.4 Å². The third-order valence-electron chi connectivity index (χ3n) is 14.2. The van der Waals surface area contributed by atoms with Crippen LogP contribution < -0.4 is 31.1 Å². The van der Waals surface area contributed by atoms with Crippen LogP contribution >= 0.6 is 0 Å². The lowest BCUT2D eigenvalue weighted by molar-refractivity contribution is -0.136. The van der Waals surface area contributed by atoms with Crippen molar-refractivity contribution in [3.63, 3.8) is 0 Å². The van der Waals surface area contributed by atoms with Crippen LogP contribution in [0.15, 0.2) is 48.8 Å². The molecule has 9 rings (SSSR count). The minimum absolute atomic E-state index is 0.0415. The van der Waals surface area contributed by atoms with Crippen molar-refractivity contribution in [2.75, 3.05) is 106 Å². The number of benzene rings is 2. The van der Waals surface area contributed by atoms with Gasteiger partial charge in [-0.25, -0.2) is 18.4 Å². The molecule has 4 saturated heterocycles. The Morgan fingerprint density at radius 1 is 0.795 bits per heavy atom. The van der Waals surface area contributed by atoms with Crippen LogP contribution in [0.2, 0.25) is 0 Å². The van der Waals surface area contributed by atoms with Gasteiger partial charge >= 0.3 is 0 Å². The Morgan fingerprint density at radius 3 is 2.30 bits per heavy atom. The van der Waals surface area contributed by atoms with Gasteiger partial charge in [0.1, 0.15) is 29.2 Å². The van der Waals surface area contributed by atoms with Gasteiger partial charge in [-0.05, 0) is 80.9 Å². The molecular weight excluding hydrogens is 949 g/mol. The summed E-state index contributed by atoms with van der Waals surface area (Å²) in [5.74, 6) is -2.21. The first-order valence-corrected chi connectivity index (χ1v) is 25.0. The maximum atomic E-state index is 15.7. The highest BCUT2D eigenvalue weighted by atomic mass is 19.1. The third kappa shape index (κ3) is 12.6. The number of fused-ring (bicyclic) bond motifs is 1. The number of halogens is 2. The van der Waals surface area contributed by atoms with Gasteiger partial charge in [-0.15, -0.1) is 5.10 Å². The van der Waals surface area contributed by atoms with Crippen LogP contribution in [-0.2, 0) is 48.2 Å². The highest BCUT2D eigenvalue weighted by Gasteiger charge is 2.45. The highest BCUT2D eigenvalue weighted by molar-refractivity contribution is 6.23. The fourth-order valence-corrected chi connectivity index (χ4v) is 9.94. The monoisotopic (exact) mass is 1010 g/mol. The molecular formula is C50H63F2N13O8. The standard InChI is InChI=1S/C50H63F2N13O8/c1-49(2)8-14-61(15-9-49)29-33-25-39(52)41(27-38(33)51)63-31-44(67)58-50(32-63)10-16-62(17-11-50)42-7-12-54-48(56-42)55-28-35-30-64(60-59-35)18-20-72-22-24-73-23-21-71-19-13-53-34-3-4-36-37(26-34)47(70)65(46(36)69)40-5-6-43(66)57-45(40)68/h3-4,7,12,25-27,30,40,53H,5-6,8-11,13-24,28-29,31-32H2,1-2H3,(H,58,67)(H,54,55,56)(H,57,66,68). The molecule has 7 heterocycles. The van der Waals surface area contributed by atoms with Crippen molar-refractivity contribution in [1.29, 1.82) is 0 Å². The van der Waals surface area contributed by atoms with Crippen molar-refractivity contribution in [2.24, 2.45) is 5.41 Å². The topological polar surface area (TPSA) is 231 Å². The predicted octanol–water partition coefficient (Wildman–Crippen LogP) is 3.12. The van der Waals surface area contributed by atoms with E-state index >= 15 is 8.78 Å². The van der Waals surface area contributed by atoms with E-state index in [1.54, 1.807) is 34.0 Å². The van der Waals surface area contributed by atoms with Crippen molar-refractivity contribution in [2.45, 2.75) is 83.6 Å². The number of hydrogen-bond acceptors (Lipinski definition) is 17. The van der Waals surface area contributed by atoms with Crippen LogP contribution in [0.1, 0.15) is 84.3 Å². The van der Waals surface area contributed by atoms with Gasteiger partial charge in [-0.1, -0.05) is 19.1 Å². The third-order valence-corrected chi connectivity index (χ3v) is 14.2. The number of carbonyl (C=O) groups excluding carboxylic acids is 5. The van der Waals surface area contributed by atoms with Gasteiger partial charge in [0, 0.05) is 62.7 Å². The first kappa shape index (κ1) is 51.2. The lowest BCUT2D eigenvalue weighted by atomic mass is 9.82. The SMILES string of the molecule is CC1(C)CCN(Cc2cc(F)c(N3CC(=O)NC4(CCN(c5ccnc(NCc6cn(CCOCCOCCOCCNc7ccc8c(c7)C(=O)N(C7CCC(=O)NC7=O)C8=O)nn6)n5)CC4)C3)cc2F)CC1. The van der Waals surface area contributed by atoms with E-state index < -0.39 is 46.8 Å². The van der Waals surface area contributed by atoms with Crippen LogP contribution in [0.3, 0.4) is 0 Å². The average molecular weight is 1010 g/mol. The van der Waals surface area contributed by atoms with Crippen molar-refractivity contribution in [3.05, 3.63) is 82.8 Å². The van der Waals surface area contributed by atoms with E-state index in [-0.39, 0.29) is 47.5 Å². The Bertz CT molecular complexity index is 2670. The van der Waals surface area contributed by atoms with Gasteiger partial charge in [0.15, 0.2) is 0 Å². The number of piperidine rings is 3. The number of aromatic nitrogens is 5. The Labute approximate surface area is 421 Å². The van der Waals surface area contributed by atoms with Crippen LogP contribution in [0, 0.1) is 17.0 Å². The smallest absolute Gasteiger partial charge is 0.262 e. The molecule has 0 aliphatic carbocycles. The molecule has 1 spiro atoms. The van der Waals surface area contributed by atoms with E-state index in [1.165, 1.54) is 12.1 Å². The van der Waals surface area contributed by atoms with E-state index in [9.17, 15) is 24.0 Å². The molecule has 4 N–H and O–H groups in total. The molecule has 23 heteroatoms. The first-order chi connectivity index (χ1) is 35.2. The molecule has 4 fully saturated rings.